The minimum absolute atomic E-state index is 0.179. The molecule has 4 rings (SSSR count). The Morgan fingerprint density at radius 3 is 2.50 bits per heavy atom. The molecule has 1 aliphatic carbocycles. The molecule has 0 bridgehead atoms. The highest BCUT2D eigenvalue weighted by Crippen LogP contribution is 2.28. The molecule has 2 heterocycles. The van der Waals surface area contributed by atoms with E-state index in [0.29, 0.717) is 13.1 Å². The highest BCUT2D eigenvalue weighted by Gasteiger charge is 2.34. The molecule has 1 saturated heterocycles. The average molecular weight is 466 g/mol. The van der Waals surface area contributed by atoms with Crippen molar-refractivity contribution in [2.45, 2.75) is 32.4 Å². The first-order valence-electron chi connectivity index (χ1n) is 11.5. The number of morpholine rings is 1. The molecule has 1 aliphatic heterocycles. The minimum Gasteiger partial charge on any atom is -0.483 e. The first-order valence-corrected chi connectivity index (χ1v) is 11.5. The van der Waals surface area contributed by atoms with Gasteiger partial charge < -0.3 is 19.3 Å². The van der Waals surface area contributed by atoms with Crippen LogP contribution in [0, 0.1) is 18.8 Å². The molecule has 1 saturated carbocycles. The smallest absolute Gasteiger partial charge is 0.290 e. The van der Waals surface area contributed by atoms with E-state index in [-0.39, 0.29) is 29.5 Å². The maximum atomic E-state index is 13.4. The summed E-state index contributed by atoms with van der Waals surface area (Å²) in [6, 6.07) is 11.8. The van der Waals surface area contributed by atoms with Crippen LogP contribution in [0.5, 0.6) is 0 Å². The van der Waals surface area contributed by atoms with Crippen LogP contribution in [0.1, 0.15) is 34.3 Å². The Hall–Kier alpha value is -3.41. The number of rotatable bonds is 6. The van der Waals surface area contributed by atoms with E-state index in [9.17, 15) is 9.59 Å². The van der Waals surface area contributed by atoms with Crippen molar-refractivity contribution >= 4 is 12.4 Å². The Bertz CT molecular complexity index is 1080. The molecule has 0 spiro atoms. The SMILES string of the molecule is Cc1ccn(CCN2CCOCC2)c(=O)c1C(=O)N(CC#Cc1ccccc1)C1CC1.O=CO. The standard InChI is InChI=1S/C25H29N3O3.CH2O2/c1-20-11-13-27(15-14-26-16-18-31-19-17-26)24(29)23(20)25(30)28(22-9-10-22)12-5-8-21-6-3-2-4-7-21;2-1-3/h2-4,6-7,11,13,22H,9-10,12,14-19H2,1H3;1H,(H,2,3). The maximum absolute atomic E-state index is 13.4. The molecular formula is C26H31N3O5. The zero-order chi connectivity index (χ0) is 24.3. The average Bonchev–Trinajstić information content (AvgIpc) is 3.68. The Morgan fingerprint density at radius 2 is 1.85 bits per heavy atom. The third kappa shape index (κ3) is 7.04. The molecule has 0 unspecified atom stereocenters. The van der Waals surface area contributed by atoms with Crippen LogP contribution in [0.4, 0.5) is 0 Å². The fraction of sp³-hybridized carbons (Fsp3) is 0.423. The van der Waals surface area contributed by atoms with E-state index in [1.165, 1.54) is 0 Å². The van der Waals surface area contributed by atoms with Gasteiger partial charge in [-0.15, -0.1) is 0 Å². The van der Waals surface area contributed by atoms with Gasteiger partial charge in [-0.3, -0.25) is 19.3 Å². The van der Waals surface area contributed by atoms with Crippen LogP contribution in [0.15, 0.2) is 47.4 Å². The summed E-state index contributed by atoms with van der Waals surface area (Å²) in [5, 5.41) is 6.89. The van der Waals surface area contributed by atoms with Crippen molar-refractivity contribution in [2.24, 2.45) is 0 Å². The minimum atomic E-state index is -0.250. The Labute approximate surface area is 199 Å². The third-order valence-electron chi connectivity index (χ3n) is 5.85. The Kier molecular flexibility index (Phi) is 9.44. The number of nitrogens with zero attached hydrogens (tertiary/aromatic N) is 3. The topological polar surface area (TPSA) is 92.1 Å². The lowest BCUT2D eigenvalue weighted by Crippen LogP contribution is -2.41. The van der Waals surface area contributed by atoms with E-state index in [2.05, 4.69) is 16.7 Å². The van der Waals surface area contributed by atoms with E-state index in [1.54, 1.807) is 15.7 Å². The number of benzene rings is 1. The van der Waals surface area contributed by atoms with Crippen molar-refractivity contribution in [3.63, 3.8) is 0 Å². The summed E-state index contributed by atoms with van der Waals surface area (Å²) in [7, 11) is 0. The highest BCUT2D eigenvalue weighted by atomic mass is 16.5. The second-order valence-corrected chi connectivity index (χ2v) is 8.26. The number of aryl methyl sites for hydroxylation is 1. The van der Waals surface area contributed by atoms with Crippen LogP contribution in [-0.4, -0.2) is 77.3 Å². The Balaban J connectivity index is 0.00000103. The van der Waals surface area contributed by atoms with Gasteiger partial charge in [-0.1, -0.05) is 30.0 Å². The van der Waals surface area contributed by atoms with Gasteiger partial charge in [-0.05, 0) is 43.5 Å². The lowest BCUT2D eigenvalue weighted by molar-refractivity contribution is -0.122. The van der Waals surface area contributed by atoms with E-state index in [1.807, 2.05) is 43.3 Å². The fourth-order valence-corrected chi connectivity index (χ4v) is 3.82. The van der Waals surface area contributed by atoms with Crippen molar-refractivity contribution in [1.82, 2.24) is 14.4 Å². The van der Waals surface area contributed by atoms with Gasteiger partial charge in [-0.25, -0.2) is 0 Å². The van der Waals surface area contributed by atoms with Gasteiger partial charge in [0.15, 0.2) is 0 Å². The van der Waals surface area contributed by atoms with Gasteiger partial charge in [0.05, 0.1) is 19.8 Å². The highest BCUT2D eigenvalue weighted by molar-refractivity contribution is 5.95. The molecule has 8 nitrogen and oxygen atoms in total. The monoisotopic (exact) mass is 465 g/mol. The zero-order valence-electron chi connectivity index (χ0n) is 19.5. The summed E-state index contributed by atoms with van der Waals surface area (Å²) in [5.74, 6) is 6.04. The quantitative estimate of drug-likeness (QED) is 0.517. The van der Waals surface area contributed by atoms with Gasteiger partial charge in [0.2, 0.25) is 0 Å². The second-order valence-electron chi connectivity index (χ2n) is 8.26. The van der Waals surface area contributed by atoms with Gasteiger partial charge >= 0.3 is 0 Å². The molecular weight excluding hydrogens is 434 g/mol. The lowest BCUT2D eigenvalue weighted by Gasteiger charge is -2.27. The van der Waals surface area contributed by atoms with Crippen molar-refractivity contribution in [3.05, 3.63) is 69.6 Å². The Morgan fingerprint density at radius 1 is 1.18 bits per heavy atom. The van der Waals surface area contributed by atoms with Crippen molar-refractivity contribution < 1.29 is 19.4 Å². The summed E-state index contributed by atoms with van der Waals surface area (Å²) in [4.78, 5) is 39.0. The number of ether oxygens (including phenoxy) is 1. The maximum Gasteiger partial charge on any atom is 0.290 e. The summed E-state index contributed by atoms with van der Waals surface area (Å²) >= 11 is 0. The number of carboxylic acid groups (broad SMARTS) is 1. The number of carbonyl (C=O) groups excluding carboxylic acids is 1. The normalized spacial score (nSPS) is 15.3. The largest absolute Gasteiger partial charge is 0.483 e. The number of carbonyl (C=O) groups is 2. The molecule has 2 aromatic rings. The molecule has 1 N–H and O–H groups in total. The summed E-state index contributed by atoms with van der Waals surface area (Å²) in [5.41, 5.74) is 1.71. The number of hydrogen-bond donors (Lipinski definition) is 1. The molecule has 1 aromatic heterocycles. The molecule has 1 aromatic carbocycles. The predicted octanol–water partition coefficient (Wildman–Crippen LogP) is 1.85. The van der Waals surface area contributed by atoms with E-state index in [4.69, 9.17) is 14.6 Å². The van der Waals surface area contributed by atoms with Crippen LogP contribution in [0.25, 0.3) is 0 Å². The van der Waals surface area contributed by atoms with Crippen molar-refractivity contribution in [2.75, 3.05) is 39.4 Å². The second kappa shape index (κ2) is 12.7. The van der Waals surface area contributed by atoms with Gasteiger partial charge in [0.1, 0.15) is 5.56 Å². The molecule has 1 amide bonds. The first-order chi connectivity index (χ1) is 16.5. The summed E-state index contributed by atoms with van der Waals surface area (Å²) < 4.78 is 7.05. The molecule has 0 atom stereocenters. The van der Waals surface area contributed by atoms with Crippen molar-refractivity contribution in [3.8, 4) is 11.8 Å². The third-order valence-corrected chi connectivity index (χ3v) is 5.85. The summed E-state index contributed by atoms with van der Waals surface area (Å²) in [6.45, 7) is 6.47. The van der Waals surface area contributed by atoms with E-state index >= 15 is 0 Å². The first kappa shape index (κ1) is 25.2. The van der Waals surface area contributed by atoms with E-state index in [0.717, 1.165) is 56.8 Å². The predicted molar refractivity (Wildman–Crippen MR) is 129 cm³/mol. The van der Waals surface area contributed by atoms with Crippen LogP contribution >= 0.6 is 0 Å². The van der Waals surface area contributed by atoms with Gasteiger partial charge in [-0.2, -0.15) is 0 Å². The van der Waals surface area contributed by atoms with Gasteiger partial charge in [0, 0.05) is 44.0 Å². The van der Waals surface area contributed by atoms with Crippen LogP contribution in [0.2, 0.25) is 0 Å². The lowest BCUT2D eigenvalue weighted by atomic mass is 10.1. The molecule has 2 fully saturated rings. The molecule has 180 valence electrons. The van der Waals surface area contributed by atoms with Crippen LogP contribution in [-0.2, 0) is 16.1 Å². The number of hydrogen-bond acceptors (Lipinski definition) is 5. The molecule has 0 radical (unpaired) electrons. The fourth-order valence-electron chi connectivity index (χ4n) is 3.82. The van der Waals surface area contributed by atoms with Crippen LogP contribution < -0.4 is 5.56 Å². The van der Waals surface area contributed by atoms with Gasteiger partial charge in [0.25, 0.3) is 17.9 Å². The molecule has 2 aliphatic rings. The van der Waals surface area contributed by atoms with Crippen molar-refractivity contribution in [1.29, 1.82) is 0 Å². The zero-order valence-corrected chi connectivity index (χ0v) is 19.5. The number of aromatic nitrogens is 1. The van der Waals surface area contributed by atoms with E-state index < -0.39 is 0 Å². The number of pyridine rings is 1. The summed E-state index contributed by atoms with van der Waals surface area (Å²) in [6.07, 6.45) is 3.73. The molecule has 34 heavy (non-hydrogen) atoms. The number of amides is 1. The van der Waals surface area contributed by atoms with Crippen LogP contribution in [0.3, 0.4) is 0 Å². The molecule has 8 heteroatoms.